The lowest BCUT2D eigenvalue weighted by Crippen LogP contribution is -2.57. The van der Waals surface area contributed by atoms with Gasteiger partial charge in [-0.1, -0.05) is 62.7 Å². The summed E-state index contributed by atoms with van der Waals surface area (Å²) in [5, 5.41) is 20.6. The minimum atomic E-state index is -1.06. The van der Waals surface area contributed by atoms with Crippen molar-refractivity contribution in [2.24, 2.45) is 11.1 Å². The first-order valence-corrected chi connectivity index (χ1v) is 16.9. The predicted octanol–water partition coefficient (Wildman–Crippen LogP) is 5.61. The second kappa shape index (κ2) is 16.6. The predicted molar refractivity (Wildman–Crippen MR) is 190 cm³/mol. The summed E-state index contributed by atoms with van der Waals surface area (Å²) in [4.78, 5) is 51.1. The summed E-state index contributed by atoms with van der Waals surface area (Å²) in [6.07, 6.45) is -0.118. The van der Waals surface area contributed by atoms with E-state index in [9.17, 15) is 19.5 Å². The Balaban J connectivity index is 1.75. The summed E-state index contributed by atoms with van der Waals surface area (Å²) < 4.78 is 17.7. The number of rotatable bonds is 13. The van der Waals surface area contributed by atoms with Crippen LogP contribution in [0.1, 0.15) is 60.8 Å². The maximum Gasteiger partial charge on any atom is 0.408 e. The molecule has 2 heterocycles. The number of pyridine rings is 1. The van der Waals surface area contributed by atoms with Gasteiger partial charge in [-0.25, -0.2) is 14.6 Å². The number of aromatic nitrogens is 1. The van der Waals surface area contributed by atoms with Crippen molar-refractivity contribution in [3.05, 3.63) is 54.6 Å². The van der Waals surface area contributed by atoms with Gasteiger partial charge in [0, 0.05) is 29.5 Å². The van der Waals surface area contributed by atoms with Gasteiger partial charge in [0.1, 0.15) is 42.4 Å². The molecule has 4 atom stereocenters. The van der Waals surface area contributed by atoms with Crippen LogP contribution in [0.25, 0.3) is 22.2 Å². The Morgan fingerprint density at radius 1 is 1.06 bits per heavy atom. The molecule has 270 valence electrons. The number of amidine groups is 1. The molecule has 2 aromatic carbocycles. The van der Waals surface area contributed by atoms with E-state index in [2.05, 4.69) is 15.8 Å². The highest BCUT2D eigenvalue weighted by molar-refractivity contribution is 5.96. The molecule has 0 aliphatic carbocycles. The van der Waals surface area contributed by atoms with Crippen LogP contribution in [0.2, 0.25) is 0 Å². The molecule has 1 aromatic heterocycles. The van der Waals surface area contributed by atoms with Crippen molar-refractivity contribution in [3.8, 4) is 22.8 Å². The van der Waals surface area contributed by atoms with Crippen molar-refractivity contribution in [1.82, 2.24) is 20.5 Å². The SMILES string of the molecule is CCCC(N/C(=N/OC)[C@@H]1CC(Oc2cc(-c3ccccc3)nc3cc(OC)ccc23)CN1C(=O)[C@@H](NC(=O)OC(C)(C)C)C(C)C)C(=O)O. The number of nitrogens with one attached hydrogen (secondary N) is 2. The molecule has 3 N–H and O–H groups in total. The van der Waals surface area contributed by atoms with Crippen LogP contribution >= 0.6 is 0 Å². The number of carboxylic acid groups (broad SMARTS) is 1. The molecule has 1 fully saturated rings. The fourth-order valence-corrected chi connectivity index (χ4v) is 5.86. The van der Waals surface area contributed by atoms with E-state index in [0.717, 1.165) is 10.9 Å². The van der Waals surface area contributed by atoms with Crippen molar-refractivity contribution in [3.63, 3.8) is 0 Å². The number of aliphatic carboxylic acids is 1. The molecule has 0 saturated carbocycles. The Morgan fingerprint density at radius 3 is 2.38 bits per heavy atom. The number of nitrogens with zero attached hydrogens (tertiary/aromatic N) is 3. The van der Waals surface area contributed by atoms with E-state index >= 15 is 0 Å². The Bertz CT molecular complexity index is 1670. The average molecular weight is 692 g/mol. The second-order valence-corrected chi connectivity index (χ2v) is 13.6. The number of hydrogen-bond acceptors (Lipinski definition) is 9. The van der Waals surface area contributed by atoms with Gasteiger partial charge >= 0.3 is 12.1 Å². The molecule has 2 unspecified atom stereocenters. The number of amides is 2. The van der Waals surface area contributed by atoms with E-state index in [-0.39, 0.29) is 24.7 Å². The van der Waals surface area contributed by atoms with Gasteiger partial charge in [-0.05, 0) is 45.2 Å². The highest BCUT2D eigenvalue weighted by Gasteiger charge is 2.44. The molecular formula is C37H49N5O8. The third-order valence-corrected chi connectivity index (χ3v) is 8.20. The fourth-order valence-electron chi connectivity index (χ4n) is 5.86. The van der Waals surface area contributed by atoms with Gasteiger partial charge in [0.25, 0.3) is 0 Å². The molecule has 0 bridgehead atoms. The van der Waals surface area contributed by atoms with Crippen LogP contribution in [0.5, 0.6) is 11.5 Å². The van der Waals surface area contributed by atoms with Gasteiger partial charge in [0.15, 0.2) is 5.84 Å². The largest absolute Gasteiger partial charge is 0.497 e. The maximum atomic E-state index is 14.4. The number of carboxylic acids is 1. The van der Waals surface area contributed by atoms with Gasteiger partial charge in [-0.15, -0.1) is 0 Å². The van der Waals surface area contributed by atoms with Gasteiger partial charge < -0.3 is 39.7 Å². The lowest BCUT2D eigenvalue weighted by atomic mass is 10.0. The molecule has 1 aliphatic heterocycles. The zero-order chi connectivity index (χ0) is 36.6. The van der Waals surface area contributed by atoms with Gasteiger partial charge in [-0.3, -0.25) is 4.79 Å². The van der Waals surface area contributed by atoms with Crippen molar-refractivity contribution >= 4 is 34.7 Å². The topological polar surface area (TPSA) is 161 Å². The standard InChI is InChI=1S/C37H49N5O8/c1-9-13-27(35(44)45)39-33(41-48-8)30-19-25(21-42(30)34(43)32(22(2)3)40-36(46)50-37(4,5)6)49-31-20-28(23-14-11-10-12-15-23)38-29-18-24(47-7)16-17-26(29)31/h10-12,14-18,20,22,25,27,30,32H,9,13,19,21H2,1-8H3,(H,39,41)(H,40,46)(H,44,45)/t25?,27?,30-,32-/m0/s1. The zero-order valence-electron chi connectivity index (χ0n) is 30.1. The average Bonchev–Trinajstić information content (AvgIpc) is 3.49. The van der Waals surface area contributed by atoms with Crippen LogP contribution < -0.4 is 20.1 Å². The normalized spacial score (nSPS) is 17.6. The second-order valence-electron chi connectivity index (χ2n) is 13.6. The molecule has 13 heteroatoms. The van der Waals surface area contributed by atoms with E-state index in [0.29, 0.717) is 35.6 Å². The molecule has 4 rings (SSSR count). The number of ether oxygens (including phenoxy) is 3. The summed E-state index contributed by atoms with van der Waals surface area (Å²) in [7, 11) is 2.95. The van der Waals surface area contributed by atoms with E-state index in [4.69, 9.17) is 24.0 Å². The molecule has 50 heavy (non-hydrogen) atoms. The van der Waals surface area contributed by atoms with Gasteiger partial charge in [0.2, 0.25) is 5.91 Å². The third kappa shape index (κ3) is 9.54. The van der Waals surface area contributed by atoms with Crippen molar-refractivity contribution in [2.75, 3.05) is 20.8 Å². The van der Waals surface area contributed by atoms with E-state index in [1.807, 2.05) is 75.4 Å². The van der Waals surface area contributed by atoms with Crippen molar-refractivity contribution in [2.45, 2.75) is 90.6 Å². The Labute approximate surface area is 293 Å². The molecule has 2 amide bonds. The zero-order valence-corrected chi connectivity index (χ0v) is 30.1. The van der Waals surface area contributed by atoms with Crippen LogP contribution in [0.3, 0.4) is 0 Å². The minimum absolute atomic E-state index is 0.110. The summed E-state index contributed by atoms with van der Waals surface area (Å²) in [6, 6.07) is 14.4. The van der Waals surface area contributed by atoms with Crippen molar-refractivity contribution in [1.29, 1.82) is 0 Å². The maximum absolute atomic E-state index is 14.4. The summed E-state index contributed by atoms with van der Waals surface area (Å²) in [5.41, 5.74) is 1.48. The number of carbonyl (C=O) groups excluding carboxylic acids is 2. The minimum Gasteiger partial charge on any atom is -0.497 e. The van der Waals surface area contributed by atoms with Crippen molar-refractivity contribution < 1.29 is 38.5 Å². The first kappa shape index (κ1) is 37.7. The number of benzene rings is 2. The van der Waals surface area contributed by atoms with Gasteiger partial charge in [0.05, 0.1) is 30.9 Å². The fraction of sp³-hybridized carbons (Fsp3) is 0.486. The first-order chi connectivity index (χ1) is 23.7. The number of likely N-dealkylation sites (tertiary alicyclic amines) is 1. The van der Waals surface area contributed by atoms with Crippen LogP contribution in [0, 0.1) is 5.92 Å². The van der Waals surface area contributed by atoms with E-state index in [1.165, 1.54) is 7.11 Å². The summed E-state index contributed by atoms with van der Waals surface area (Å²) in [6.45, 7) is 10.9. The molecule has 13 nitrogen and oxygen atoms in total. The Morgan fingerprint density at radius 2 is 1.78 bits per heavy atom. The molecule has 1 aliphatic rings. The van der Waals surface area contributed by atoms with Crippen LogP contribution in [-0.2, 0) is 19.2 Å². The molecular weight excluding hydrogens is 642 g/mol. The van der Waals surface area contributed by atoms with E-state index < -0.39 is 47.8 Å². The number of oxime groups is 1. The number of carbonyl (C=O) groups is 3. The highest BCUT2D eigenvalue weighted by atomic mass is 16.6. The van der Waals surface area contributed by atoms with Crippen LogP contribution in [-0.4, -0.2) is 89.4 Å². The third-order valence-electron chi connectivity index (χ3n) is 8.20. The van der Waals surface area contributed by atoms with Crippen LogP contribution in [0.4, 0.5) is 4.79 Å². The molecule has 0 radical (unpaired) electrons. The number of methoxy groups -OCH3 is 1. The number of fused-ring (bicyclic) bond motifs is 1. The monoisotopic (exact) mass is 691 g/mol. The summed E-state index contributed by atoms with van der Waals surface area (Å²) >= 11 is 0. The smallest absolute Gasteiger partial charge is 0.408 e. The molecule has 3 aromatic rings. The quantitative estimate of drug-likeness (QED) is 0.117. The molecule has 0 spiro atoms. The lowest BCUT2D eigenvalue weighted by molar-refractivity contribution is -0.139. The lowest BCUT2D eigenvalue weighted by Gasteiger charge is -2.32. The number of hydrogen-bond donors (Lipinski definition) is 3. The van der Waals surface area contributed by atoms with Crippen LogP contribution in [0.15, 0.2) is 59.8 Å². The van der Waals surface area contributed by atoms with E-state index in [1.54, 1.807) is 32.8 Å². The highest BCUT2D eigenvalue weighted by Crippen LogP contribution is 2.35. The number of alkyl carbamates (subject to hydrolysis) is 1. The Hall–Kier alpha value is -5.07. The molecule has 1 saturated heterocycles. The summed E-state index contributed by atoms with van der Waals surface area (Å²) in [5.74, 6) is -0.410. The first-order valence-electron chi connectivity index (χ1n) is 16.9. The van der Waals surface area contributed by atoms with Gasteiger partial charge in [-0.2, -0.15) is 0 Å². The Kier molecular flexibility index (Phi) is 12.5.